The Morgan fingerprint density at radius 1 is 1.00 bits per heavy atom. The van der Waals surface area contributed by atoms with Crippen LogP contribution in [0.4, 0.5) is 0 Å². The summed E-state index contributed by atoms with van der Waals surface area (Å²) in [6.45, 7) is 22.0. The summed E-state index contributed by atoms with van der Waals surface area (Å²) in [6, 6.07) is 0.646. The van der Waals surface area contributed by atoms with Gasteiger partial charge in [-0.2, -0.15) is 0 Å². The van der Waals surface area contributed by atoms with Gasteiger partial charge in [-0.1, -0.05) is 33.6 Å². The summed E-state index contributed by atoms with van der Waals surface area (Å²) in [6.07, 6.45) is 5.23. The van der Waals surface area contributed by atoms with E-state index in [9.17, 15) is 0 Å². The van der Waals surface area contributed by atoms with Gasteiger partial charge in [-0.05, 0) is 59.4 Å². The molecule has 0 aromatic heterocycles. The van der Waals surface area contributed by atoms with Crippen molar-refractivity contribution >= 4 is 0 Å². The monoisotopic (exact) mass is 284 g/mol. The van der Waals surface area contributed by atoms with Crippen molar-refractivity contribution in [1.29, 1.82) is 0 Å². The van der Waals surface area contributed by atoms with E-state index in [1.807, 2.05) is 0 Å². The normalized spacial score (nSPS) is 15.9. The average molecular weight is 285 g/mol. The van der Waals surface area contributed by atoms with Gasteiger partial charge in [0, 0.05) is 24.7 Å². The number of rotatable bonds is 10. The molecular weight excluding hydrogens is 244 g/mol. The molecular formula is C18H40N2. The molecule has 0 heterocycles. The van der Waals surface area contributed by atoms with E-state index in [1.165, 1.54) is 38.8 Å². The average Bonchev–Trinajstić information content (AvgIpc) is 2.34. The number of unbranched alkanes of at least 4 members (excludes halogenated alkanes) is 2. The van der Waals surface area contributed by atoms with Gasteiger partial charge in [-0.3, -0.25) is 0 Å². The third-order valence-electron chi connectivity index (χ3n) is 4.26. The van der Waals surface area contributed by atoms with Crippen LogP contribution in [0.3, 0.4) is 0 Å². The molecule has 2 heteroatoms. The predicted molar refractivity (Wildman–Crippen MR) is 92.4 cm³/mol. The SMILES string of the molecule is CCCCCN(CC(C)(CC)CNC(C)(C)C)C(C)C. The Bertz CT molecular complexity index is 242. The van der Waals surface area contributed by atoms with Crippen LogP contribution in [0.25, 0.3) is 0 Å². The van der Waals surface area contributed by atoms with Crippen LogP contribution in [0.2, 0.25) is 0 Å². The first-order valence-electron chi connectivity index (χ1n) is 8.62. The highest BCUT2D eigenvalue weighted by Gasteiger charge is 2.27. The highest BCUT2D eigenvalue weighted by atomic mass is 15.2. The summed E-state index contributed by atoms with van der Waals surface area (Å²) in [4.78, 5) is 2.67. The zero-order valence-corrected chi connectivity index (χ0v) is 15.5. The second-order valence-corrected chi connectivity index (χ2v) is 8.04. The van der Waals surface area contributed by atoms with E-state index in [0.29, 0.717) is 11.5 Å². The molecule has 0 bridgehead atoms. The number of hydrogen-bond donors (Lipinski definition) is 1. The Morgan fingerprint density at radius 2 is 1.60 bits per heavy atom. The molecule has 122 valence electrons. The van der Waals surface area contributed by atoms with Crippen LogP contribution < -0.4 is 5.32 Å². The standard InChI is InChI=1S/C18H40N2/c1-9-11-12-13-20(16(3)4)15-18(8,10-2)14-19-17(5,6)7/h16,19H,9-15H2,1-8H3. The van der Waals surface area contributed by atoms with Crippen LogP contribution in [0, 0.1) is 5.41 Å². The highest BCUT2D eigenvalue weighted by Crippen LogP contribution is 2.24. The minimum Gasteiger partial charge on any atom is -0.311 e. The third kappa shape index (κ3) is 8.97. The van der Waals surface area contributed by atoms with Crippen LogP contribution in [-0.4, -0.2) is 36.1 Å². The van der Waals surface area contributed by atoms with Gasteiger partial charge < -0.3 is 10.2 Å². The quantitative estimate of drug-likeness (QED) is 0.585. The van der Waals surface area contributed by atoms with E-state index in [-0.39, 0.29) is 5.54 Å². The molecule has 1 N–H and O–H groups in total. The van der Waals surface area contributed by atoms with Gasteiger partial charge in [0.05, 0.1) is 0 Å². The Morgan fingerprint density at radius 3 is 2.00 bits per heavy atom. The summed E-state index contributed by atoms with van der Waals surface area (Å²) < 4.78 is 0. The van der Waals surface area contributed by atoms with E-state index < -0.39 is 0 Å². The van der Waals surface area contributed by atoms with E-state index in [1.54, 1.807) is 0 Å². The maximum Gasteiger partial charge on any atom is 0.00967 e. The smallest absolute Gasteiger partial charge is 0.00967 e. The van der Waals surface area contributed by atoms with Crippen molar-refractivity contribution in [3.8, 4) is 0 Å². The molecule has 0 aliphatic rings. The topological polar surface area (TPSA) is 15.3 Å². The highest BCUT2D eigenvalue weighted by molar-refractivity contribution is 4.84. The second-order valence-electron chi connectivity index (χ2n) is 8.04. The fraction of sp³-hybridized carbons (Fsp3) is 1.00. The van der Waals surface area contributed by atoms with Crippen molar-refractivity contribution < 1.29 is 0 Å². The first-order valence-corrected chi connectivity index (χ1v) is 8.62. The Labute approximate surface area is 128 Å². The second kappa shape index (κ2) is 9.04. The number of hydrogen-bond acceptors (Lipinski definition) is 2. The predicted octanol–water partition coefficient (Wildman–Crippen LogP) is 4.69. The lowest BCUT2D eigenvalue weighted by Gasteiger charge is -2.39. The zero-order chi connectivity index (χ0) is 15.8. The summed E-state index contributed by atoms with van der Waals surface area (Å²) in [7, 11) is 0. The molecule has 0 rings (SSSR count). The molecule has 0 saturated carbocycles. The van der Waals surface area contributed by atoms with Gasteiger partial charge in [0.2, 0.25) is 0 Å². The summed E-state index contributed by atoms with van der Waals surface area (Å²) in [5, 5.41) is 3.70. The minimum atomic E-state index is 0.210. The molecule has 0 aliphatic heterocycles. The lowest BCUT2D eigenvalue weighted by molar-refractivity contribution is 0.118. The lowest BCUT2D eigenvalue weighted by atomic mass is 9.85. The molecule has 0 aromatic carbocycles. The molecule has 1 atom stereocenters. The van der Waals surface area contributed by atoms with E-state index in [2.05, 4.69) is 65.6 Å². The molecule has 0 radical (unpaired) electrons. The molecule has 0 amide bonds. The van der Waals surface area contributed by atoms with Crippen molar-refractivity contribution in [2.75, 3.05) is 19.6 Å². The van der Waals surface area contributed by atoms with E-state index in [0.717, 1.165) is 6.54 Å². The Kier molecular flexibility index (Phi) is 9.01. The lowest BCUT2D eigenvalue weighted by Crippen LogP contribution is -2.48. The van der Waals surface area contributed by atoms with Crippen LogP contribution >= 0.6 is 0 Å². The van der Waals surface area contributed by atoms with Gasteiger partial charge in [-0.15, -0.1) is 0 Å². The van der Waals surface area contributed by atoms with E-state index in [4.69, 9.17) is 0 Å². The first kappa shape index (κ1) is 19.9. The number of nitrogens with one attached hydrogen (secondary N) is 1. The van der Waals surface area contributed by atoms with Gasteiger partial charge in [0.1, 0.15) is 0 Å². The Hall–Kier alpha value is -0.0800. The van der Waals surface area contributed by atoms with Crippen LogP contribution in [0.1, 0.15) is 81.1 Å². The van der Waals surface area contributed by atoms with Crippen molar-refractivity contribution in [2.24, 2.45) is 5.41 Å². The summed E-state index contributed by atoms with van der Waals surface area (Å²) in [5.74, 6) is 0. The Balaban J connectivity index is 4.51. The van der Waals surface area contributed by atoms with Gasteiger partial charge in [0.25, 0.3) is 0 Å². The van der Waals surface area contributed by atoms with Gasteiger partial charge >= 0.3 is 0 Å². The van der Waals surface area contributed by atoms with Crippen molar-refractivity contribution in [3.63, 3.8) is 0 Å². The fourth-order valence-corrected chi connectivity index (χ4v) is 2.35. The third-order valence-corrected chi connectivity index (χ3v) is 4.26. The minimum absolute atomic E-state index is 0.210. The van der Waals surface area contributed by atoms with Gasteiger partial charge in [-0.25, -0.2) is 0 Å². The zero-order valence-electron chi connectivity index (χ0n) is 15.5. The van der Waals surface area contributed by atoms with Gasteiger partial charge in [0.15, 0.2) is 0 Å². The van der Waals surface area contributed by atoms with Crippen LogP contribution in [0.15, 0.2) is 0 Å². The molecule has 0 spiro atoms. The maximum absolute atomic E-state index is 3.70. The molecule has 1 unspecified atom stereocenters. The molecule has 20 heavy (non-hydrogen) atoms. The number of nitrogens with zero attached hydrogens (tertiary/aromatic N) is 1. The van der Waals surface area contributed by atoms with Crippen molar-refractivity contribution in [2.45, 2.75) is 92.7 Å². The van der Waals surface area contributed by atoms with Crippen LogP contribution in [-0.2, 0) is 0 Å². The fourth-order valence-electron chi connectivity index (χ4n) is 2.35. The molecule has 0 aliphatic carbocycles. The van der Waals surface area contributed by atoms with E-state index >= 15 is 0 Å². The van der Waals surface area contributed by atoms with Crippen molar-refractivity contribution in [1.82, 2.24) is 10.2 Å². The summed E-state index contributed by atoms with van der Waals surface area (Å²) in [5.41, 5.74) is 0.574. The first-order chi connectivity index (χ1) is 9.13. The largest absolute Gasteiger partial charge is 0.311 e. The molecule has 0 fully saturated rings. The molecule has 0 saturated heterocycles. The maximum atomic E-state index is 3.70. The molecule has 2 nitrogen and oxygen atoms in total. The summed E-state index contributed by atoms with van der Waals surface area (Å²) >= 11 is 0. The van der Waals surface area contributed by atoms with Crippen LogP contribution in [0.5, 0.6) is 0 Å². The van der Waals surface area contributed by atoms with Crippen molar-refractivity contribution in [3.05, 3.63) is 0 Å². The molecule has 0 aromatic rings.